The van der Waals surface area contributed by atoms with Crippen molar-refractivity contribution >= 4 is 18.3 Å². The first kappa shape index (κ1) is 14.7. The molecule has 1 heterocycles. The number of rotatable bonds is 3. The molecule has 2 N–H and O–H groups in total. The molecule has 1 amide bonds. The highest BCUT2D eigenvalue weighted by Gasteiger charge is 2.22. The number of carbonyl (C=O) groups excluding carboxylic acids is 1. The van der Waals surface area contributed by atoms with Crippen LogP contribution in [0.3, 0.4) is 0 Å². The van der Waals surface area contributed by atoms with Gasteiger partial charge in [0.2, 0.25) is 5.91 Å². The van der Waals surface area contributed by atoms with Gasteiger partial charge < -0.3 is 15.4 Å². The van der Waals surface area contributed by atoms with E-state index in [1.54, 1.807) is 0 Å². The number of hydrogen-bond acceptors (Lipinski definition) is 3. The molecule has 0 bridgehead atoms. The molecule has 4 nitrogen and oxygen atoms in total. The van der Waals surface area contributed by atoms with Crippen molar-refractivity contribution in [1.82, 2.24) is 10.6 Å². The molecule has 1 unspecified atom stereocenters. The summed E-state index contributed by atoms with van der Waals surface area (Å²) in [4.78, 5) is 11.8. The van der Waals surface area contributed by atoms with Crippen LogP contribution in [-0.2, 0) is 9.53 Å². The first-order chi connectivity index (χ1) is 7.86. The third kappa shape index (κ3) is 4.82. The van der Waals surface area contributed by atoms with Gasteiger partial charge in [-0.25, -0.2) is 0 Å². The zero-order valence-electron chi connectivity index (χ0n) is 10.2. The Balaban J connectivity index is 0.00000144. The van der Waals surface area contributed by atoms with Gasteiger partial charge in [-0.05, 0) is 18.8 Å². The van der Waals surface area contributed by atoms with Crippen molar-refractivity contribution in [2.75, 3.05) is 26.3 Å². The molecule has 100 valence electrons. The molecule has 0 aromatic heterocycles. The highest BCUT2D eigenvalue weighted by molar-refractivity contribution is 5.85. The van der Waals surface area contributed by atoms with E-state index in [1.807, 2.05) is 0 Å². The molecule has 5 heteroatoms. The number of nitrogens with one attached hydrogen (secondary N) is 2. The van der Waals surface area contributed by atoms with Crippen LogP contribution >= 0.6 is 12.4 Å². The van der Waals surface area contributed by atoms with Gasteiger partial charge in [-0.15, -0.1) is 12.4 Å². The smallest absolute Gasteiger partial charge is 0.239 e. The first-order valence-electron chi connectivity index (χ1n) is 6.45. The Morgan fingerprint density at radius 2 is 2.06 bits per heavy atom. The van der Waals surface area contributed by atoms with Gasteiger partial charge >= 0.3 is 0 Å². The molecule has 0 radical (unpaired) electrons. The van der Waals surface area contributed by atoms with E-state index in [0.717, 1.165) is 13.1 Å². The molecule has 1 aliphatic heterocycles. The van der Waals surface area contributed by atoms with Gasteiger partial charge in [0.05, 0.1) is 13.2 Å². The lowest BCUT2D eigenvalue weighted by atomic mass is 9.89. The maximum absolute atomic E-state index is 11.8. The van der Waals surface area contributed by atoms with Crippen molar-refractivity contribution in [3.05, 3.63) is 0 Å². The summed E-state index contributed by atoms with van der Waals surface area (Å²) in [5, 5.41) is 6.21. The Bertz CT molecular complexity index is 227. The molecule has 0 aromatic carbocycles. The van der Waals surface area contributed by atoms with Crippen LogP contribution in [0.4, 0.5) is 0 Å². The Morgan fingerprint density at radius 3 is 2.71 bits per heavy atom. The van der Waals surface area contributed by atoms with Crippen molar-refractivity contribution in [2.45, 2.75) is 38.1 Å². The van der Waals surface area contributed by atoms with Crippen LogP contribution < -0.4 is 10.6 Å². The van der Waals surface area contributed by atoms with Crippen LogP contribution in [0.5, 0.6) is 0 Å². The van der Waals surface area contributed by atoms with Crippen LogP contribution in [0, 0.1) is 5.92 Å². The average Bonchev–Trinajstić information content (AvgIpc) is 2.38. The van der Waals surface area contributed by atoms with Crippen molar-refractivity contribution in [3.8, 4) is 0 Å². The van der Waals surface area contributed by atoms with Gasteiger partial charge in [-0.3, -0.25) is 4.79 Å². The molecule has 0 aromatic rings. The van der Waals surface area contributed by atoms with Gasteiger partial charge in [-0.2, -0.15) is 0 Å². The second kappa shape index (κ2) is 7.90. The Hall–Kier alpha value is -0.320. The number of hydrogen-bond donors (Lipinski definition) is 2. The minimum atomic E-state index is -0.141. The molecule has 1 saturated heterocycles. The Kier molecular flexibility index (Phi) is 6.85. The van der Waals surface area contributed by atoms with Crippen molar-refractivity contribution < 1.29 is 9.53 Å². The topological polar surface area (TPSA) is 50.4 Å². The van der Waals surface area contributed by atoms with Crippen LogP contribution in [0.15, 0.2) is 0 Å². The second-order valence-corrected chi connectivity index (χ2v) is 4.83. The average molecular weight is 263 g/mol. The fourth-order valence-corrected chi connectivity index (χ4v) is 2.49. The maximum atomic E-state index is 11.8. The quantitative estimate of drug-likeness (QED) is 0.801. The number of morpholine rings is 1. The summed E-state index contributed by atoms with van der Waals surface area (Å²) in [6, 6.07) is -0.141. The van der Waals surface area contributed by atoms with Gasteiger partial charge in [0.25, 0.3) is 0 Å². The number of amides is 1. The molecule has 1 atom stereocenters. The van der Waals surface area contributed by atoms with Gasteiger partial charge in [-0.1, -0.05) is 19.3 Å². The van der Waals surface area contributed by atoms with Crippen LogP contribution in [-0.4, -0.2) is 38.3 Å². The normalized spacial score (nSPS) is 26.0. The van der Waals surface area contributed by atoms with Gasteiger partial charge in [0.1, 0.15) is 6.04 Å². The molecular formula is C12H23ClN2O2. The minimum absolute atomic E-state index is 0. The number of ether oxygens (including phenoxy) is 1. The Morgan fingerprint density at radius 1 is 1.29 bits per heavy atom. The summed E-state index contributed by atoms with van der Waals surface area (Å²) < 4.78 is 5.27. The predicted molar refractivity (Wildman–Crippen MR) is 69.4 cm³/mol. The zero-order chi connectivity index (χ0) is 11.2. The van der Waals surface area contributed by atoms with Crippen molar-refractivity contribution in [3.63, 3.8) is 0 Å². The van der Waals surface area contributed by atoms with E-state index in [0.29, 0.717) is 19.1 Å². The molecule has 1 saturated carbocycles. The van der Waals surface area contributed by atoms with E-state index in [9.17, 15) is 4.79 Å². The van der Waals surface area contributed by atoms with Crippen LogP contribution in [0.2, 0.25) is 0 Å². The summed E-state index contributed by atoms with van der Waals surface area (Å²) >= 11 is 0. The summed E-state index contributed by atoms with van der Waals surface area (Å²) in [6.07, 6.45) is 6.56. The van der Waals surface area contributed by atoms with Crippen LogP contribution in [0.1, 0.15) is 32.1 Å². The SMILES string of the molecule is Cl.O=C(NCC1CCCCC1)C1COCCN1. The van der Waals surface area contributed by atoms with E-state index in [2.05, 4.69) is 10.6 Å². The fraction of sp³-hybridized carbons (Fsp3) is 0.917. The van der Waals surface area contributed by atoms with Crippen molar-refractivity contribution in [2.24, 2.45) is 5.92 Å². The highest BCUT2D eigenvalue weighted by Crippen LogP contribution is 2.22. The molecule has 17 heavy (non-hydrogen) atoms. The molecule has 1 aliphatic carbocycles. The fourth-order valence-electron chi connectivity index (χ4n) is 2.49. The van der Waals surface area contributed by atoms with E-state index in [-0.39, 0.29) is 24.4 Å². The van der Waals surface area contributed by atoms with E-state index < -0.39 is 0 Å². The predicted octanol–water partition coefficient (Wildman–Crippen LogP) is 1.09. The third-order valence-electron chi connectivity index (χ3n) is 3.53. The second-order valence-electron chi connectivity index (χ2n) is 4.83. The summed E-state index contributed by atoms with van der Waals surface area (Å²) in [5.41, 5.74) is 0. The number of carbonyl (C=O) groups is 1. The number of halogens is 1. The largest absolute Gasteiger partial charge is 0.378 e. The Labute approximate surface area is 109 Å². The first-order valence-corrected chi connectivity index (χ1v) is 6.45. The minimum Gasteiger partial charge on any atom is -0.378 e. The summed E-state index contributed by atoms with van der Waals surface area (Å²) in [6.45, 7) is 2.85. The molecule has 2 fully saturated rings. The summed E-state index contributed by atoms with van der Waals surface area (Å²) in [7, 11) is 0. The standard InChI is InChI=1S/C12H22N2O2.ClH/c15-12(11-9-16-7-6-13-11)14-8-10-4-2-1-3-5-10;/h10-11,13H,1-9H2,(H,14,15);1H. The lowest BCUT2D eigenvalue weighted by molar-refractivity contribution is -0.126. The zero-order valence-corrected chi connectivity index (χ0v) is 11.1. The van der Waals surface area contributed by atoms with Crippen molar-refractivity contribution in [1.29, 1.82) is 0 Å². The van der Waals surface area contributed by atoms with Gasteiger partial charge in [0, 0.05) is 13.1 Å². The van der Waals surface area contributed by atoms with Gasteiger partial charge in [0.15, 0.2) is 0 Å². The molecule has 2 rings (SSSR count). The van der Waals surface area contributed by atoms with E-state index in [1.165, 1.54) is 32.1 Å². The lowest BCUT2D eigenvalue weighted by Gasteiger charge is -2.25. The lowest BCUT2D eigenvalue weighted by Crippen LogP contribution is -2.51. The monoisotopic (exact) mass is 262 g/mol. The highest BCUT2D eigenvalue weighted by atomic mass is 35.5. The summed E-state index contributed by atoms with van der Waals surface area (Å²) in [5.74, 6) is 0.799. The maximum Gasteiger partial charge on any atom is 0.239 e. The van der Waals surface area contributed by atoms with E-state index in [4.69, 9.17) is 4.74 Å². The molecular weight excluding hydrogens is 240 g/mol. The molecule has 0 spiro atoms. The van der Waals surface area contributed by atoms with E-state index >= 15 is 0 Å². The third-order valence-corrected chi connectivity index (χ3v) is 3.53. The van der Waals surface area contributed by atoms with Crippen LogP contribution in [0.25, 0.3) is 0 Å². The molecule has 2 aliphatic rings.